The van der Waals surface area contributed by atoms with Crippen LogP contribution in [0.3, 0.4) is 0 Å². The van der Waals surface area contributed by atoms with Gasteiger partial charge in [0.25, 0.3) is 5.91 Å². The van der Waals surface area contributed by atoms with Gasteiger partial charge in [0.2, 0.25) is 0 Å². The van der Waals surface area contributed by atoms with Gasteiger partial charge in [-0.3, -0.25) is 14.3 Å². The summed E-state index contributed by atoms with van der Waals surface area (Å²) in [4.78, 5) is 26.1. The van der Waals surface area contributed by atoms with Crippen molar-refractivity contribution in [3.8, 4) is 0 Å². The molecule has 1 amide bonds. The number of aliphatic hydroxyl groups is 1. The van der Waals surface area contributed by atoms with Gasteiger partial charge < -0.3 is 15.2 Å². The van der Waals surface area contributed by atoms with Gasteiger partial charge in [0, 0.05) is 11.6 Å². The molecule has 2 N–H and O–H groups in total. The molecule has 0 radical (unpaired) electrons. The molecule has 0 saturated heterocycles. The maximum Gasteiger partial charge on any atom is 0.311 e. The standard InChI is InChI=1S/C24H35N3O4/c1-2-31-24(30)19-14-11-12-15(13-14)20(19)25-23(29)21-17-9-6-10-18(28)22(17)27(26-21)16-7-4-3-5-8-16/h14-16,18-20,28H,2-13H2,1H3,(H,25,29)/t14?,15?,18?,19-,20?/m0/s1. The number of carbonyl (C=O) groups excluding carboxylic acids is 2. The second-order valence-corrected chi connectivity index (χ2v) is 9.97. The number of aliphatic hydroxyl groups excluding tert-OH is 1. The van der Waals surface area contributed by atoms with E-state index in [0.717, 1.165) is 62.6 Å². The van der Waals surface area contributed by atoms with Crippen molar-refractivity contribution in [2.75, 3.05) is 6.61 Å². The van der Waals surface area contributed by atoms with E-state index >= 15 is 0 Å². The molecule has 5 atom stereocenters. The zero-order valence-corrected chi connectivity index (χ0v) is 18.5. The SMILES string of the molecule is CCOC(=O)[C@H]1C2CCC(C2)C1NC(=O)c1nn(C2CCCCC2)c2c1CCCC2O. The van der Waals surface area contributed by atoms with E-state index < -0.39 is 6.10 Å². The Bertz CT molecular complexity index is 844. The van der Waals surface area contributed by atoms with E-state index in [1.807, 2.05) is 11.6 Å². The Morgan fingerprint density at radius 3 is 2.65 bits per heavy atom. The zero-order chi connectivity index (χ0) is 21.5. The molecule has 2 bridgehead atoms. The quantitative estimate of drug-likeness (QED) is 0.699. The maximum atomic E-state index is 13.5. The molecule has 1 heterocycles. The number of aromatic nitrogens is 2. The Hall–Kier alpha value is -1.89. The van der Waals surface area contributed by atoms with Crippen molar-refractivity contribution in [2.24, 2.45) is 17.8 Å². The smallest absolute Gasteiger partial charge is 0.311 e. The van der Waals surface area contributed by atoms with Crippen molar-refractivity contribution in [1.82, 2.24) is 15.1 Å². The summed E-state index contributed by atoms with van der Waals surface area (Å²) >= 11 is 0. The second kappa shape index (κ2) is 8.57. The summed E-state index contributed by atoms with van der Waals surface area (Å²) in [6.07, 6.45) is 10.6. The summed E-state index contributed by atoms with van der Waals surface area (Å²) in [5.41, 5.74) is 2.24. The Labute approximate surface area is 183 Å². The monoisotopic (exact) mass is 429 g/mol. The van der Waals surface area contributed by atoms with Crippen LogP contribution in [0.1, 0.15) is 105 Å². The molecule has 0 aliphatic heterocycles. The molecule has 3 saturated carbocycles. The van der Waals surface area contributed by atoms with Gasteiger partial charge in [-0.1, -0.05) is 19.3 Å². The van der Waals surface area contributed by atoms with E-state index in [0.29, 0.717) is 24.1 Å². The summed E-state index contributed by atoms with van der Waals surface area (Å²) in [5.74, 6) is 0.0385. The van der Waals surface area contributed by atoms with E-state index in [-0.39, 0.29) is 29.9 Å². The Balaban J connectivity index is 1.42. The van der Waals surface area contributed by atoms with Gasteiger partial charge in [-0.15, -0.1) is 0 Å². The van der Waals surface area contributed by atoms with Gasteiger partial charge in [-0.2, -0.15) is 5.10 Å². The molecule has 0 spiro atoms. The maximum absolute atomic E-state index is 13.5. The average molecular weight is 430 g/mol. The van der Waals surface area contributed by atoms with Crippen LogP contribution in [0, 0.1) is 17.8 Å². The lowest BCUT2D eigenvalue weighted by molar-refractivity contribution is -0.150. The van der Waals surface area contributed by atoms with Crippen molar-refractivity contribution < 1.29 is 19.4 Å². The van der Waals surface area contributed by atoms with E-state index in [2.05, 4.69) is 5.32 Å². The van der Waals surface area contributed by atoms with Gasteiger partial charge in [-0.05, 0) is 70.1 Å². The highest BCUT2D eigenvalue weighted by atomic mass is 16.5. The summed E-state index contributed by atoms with van der Waals surface area (Å²) in [7, 11) is 0. The first-order chi connectivity index (χ1) is 15.1. The number of amides is 1. The summed E-state index contributed by atoms with van der Waals surface area (Å²) in [6, 6.07) is 0.0980. The summed E-state index contributed by atoms with van der Waals surface area (Å²) in [5, 5.41) is 18.8. The third-order valence-corrected chi connectivity index (χ3v) is 8.18. The highest BCUT2D eigenvalue weighted by Crippen LogP contribution is 2.49. The second-order valence-electron chi connectivity index (χ2n) is 9.97. The number of hydrogen-bond acceptors (Lipinski definition) is 5. The van der Waals surface area contributed by atoms with Crippen molar-refractivity contribution in [3.05, 3.63) is 17.0 Å². The van der Waals surface area contributed by atoms with Crippen LogP contribution in [0.25, 0.3) is 0 Å². The van der Waals surface area contributed by atoms with Crippen molar-refractivity contribution in [2.45, 2.75) is 95.7 Å². The number of nitrogens with one attached hydrogen (secondary N) is 1. The van der Waals surface area contributed by atoms with Gasteiger partial charge in [0.05, 0.1) is 30.4 Å². The Morgan fingerprint density at radius 1 is 1.10 bits per heavy atom. The highest BCUT2D eigenvalue weighted by molar-refractivity contribution is 5.95. The molecule has 1 aromatic heterocycles. The molecular formula is C24H35N3O4. The van der Waals surface area contributed by atoms with E-state index in [1.165, 1.54) is 19.3 Å². The van der Waals surface area contributed by atoms with Crippen LogP contribution in [0.5, 0.6) is 0 Å². The first-order valence-corrected chi connectivity index (χ1v) is 12.3. The van der Waals surface area contributed by atoms with Crippen LogP contribution >= 0.6 is 0 Å². The molecule has 4 unspecified atom stereocenters. The van der Waals surface area contributed by atoms with Gasteiger partial charge in [0.1, 0.15) is 0 Å². The lowest BCUT2D eigenvalue weighted by atomic mass is 9.84. The fourth-order valence-corrected chi connectivity index (χ4v) is 6.77. The minimum atomic E-state index is -0.547. The van der Waals surface area contributed by atoms with E-state index in [1.54, 1.807) is 0 Å². The molecule has 1 aromatic rings. The molecule has 31 heavy (non-hydrogen) atoms. The third-order valence-electron chi connectivity index (χ3n) is 8.18. The predicted molar refractivity (Wildman–Crippen MR) is 114 cm³/mol. The third kappa shape index (κ3) is 3.69. The number of hydrogen-bond donors (Lipinski definition) is 2. The normalized spacial score (nSPS) is 32.6. The summed E-state index contributed by atoms with van der Waals surface area (Å²) in [6.45, 7) is 2.19. The first kappa shape index (κ1) is 21.0. The van der Waals surface area contributed by atoms with Crippen LogP contribution in [0.15, 0.2) is 0 Å². The molecule has 4 aliphatic carbocycles. The molecule has 7 nitrogen and oxygen atoms in total. The van der Waals surface area contributed by atoms with Gasteiger partial charge in [0.15, 0.2) is 5.69 Å². The van der Waals surface area contributed by atoms with E-state index in [4.69, 9.17) is 9.84 Å². The number of esters is 1. The molecule has 170 valence electrons. The number of rotatable bonds is 5. The van der Waals surface area contributed by atoms with Crippen LogP contribution < -0.4 is 5.32 Å². The predicted octanol–water partition coefficient (Wildman–Crippen LogP) is 3.47. The van der Waals surface area contributed by atoms with Crippen LogP contribution in [0.4, 0.5) is 0 Å². The van der Waals surface area contributed by atoms with Crippen molar-refractivity contribution in [1.29, 1.82) is 0 Å². The fourth-order valence-electron chi connectivity index (χ4n) is 6.77. The molecule has 5 rings (SSSR count). The van der Waals surface area contributed by atoms with E-state index in [9.17, 15) is 14.7 Å². The number of nitrogens with zero attached hydrogens (tertiary/aromatic N) is 2. The molecule has 7 heteroatoms. The first-order valence-electron chi connectivity index (χ1n) is 12.3. The molecule has 0 aromatic carbocycles. The zero-order valence-electron chi connectivity index (χ0n) is 18.5. The molecule has 4 aliphatic rings. The fraction of sp³-hybridized carbons (Fsp3) is 0.792. The molecule has 3 fully saturated rings. The topological polar surface area (TPSA) is 93.5 Å². The van der Waals surface area contributed by atoms with Crippen molar-refractivity contribution in [3.63, 3.8) is 0 Å². The Kier molecular flexibility index (Phi) is 5.80. The number of fused-ring (bicyclic) bond motifs is 3. The molecular weight excluding hydrogens is 394 g/mol. The van der Waals surface area contributed by atoms with Crippen molar-refractivity contribution >= 4 is 11.9 Å². The minimum absolute atomic E-state index is 0.172. The lowest BCUT2D eigenvalue weighted by Gasteiger charge is -2.30. The van der Waals surface area contributed by atoms with Gasteiger partial charge >= 0.3 is 5.97 Å². The lowest BCUT2D eigenvalue weighted by Crippen LogP contribution is -2.47. The van der Waals surface area contributed by atoms with Crippen LogP contribution in [-0.2, 0) is 16.0 Å². The summed E-state index contributed by atoms with van der Waals surface area (Å²) < 4.78 is 7.32. The Morgan fingerprint density at radius 2 is 1.87 bits per heavy atom. The number of ether oxygens (including phenoxy) is 1. The minimum Gasteiger partial charge on any atom is -0.466 e. The van der Waals surface area contributed by atoms with Gasteiger partial charge in [-0.25, -0.2) is 0 Å². The largest absolute Gasteiger partial charge is 0.466 e. The average Bonchev–Trinajstić information content (AvgIpc) is 3.48. The van der Waals surface area contributed by atoms with Crippen LogP contribution in [-0.4, -0.2) is 39.4 Å². The number of carbonyl (C=O) groups is 2. The van der Waals surface area contributed by atoms with Crippen LogP contribution in [0.2, 0.25) is 0 Å². The highest BCUT2D eigenvalue weighted by Gasteiger charge is 2.52.